The van der Waals surface area contributed by atoms with Gasteiger partial charge in [0.2, 0.25) is 5.91 Å². The highest BCUT2D eigenvalue weighted by Gasteiger charge is 2.43. The number of ether oxygens (including phenoxy) is 1. The number of carbonyl (C=O) groups excluding carboxylic acids is 2. The molecular weight excluding hydrogens is 414 g/mol. The molecule has 0 unspecified atom stereocenters. The van der Waals surface area contributed by atoms with Crippen LogP contribution in [-0.2, 0) is 9.59 Å². The van der Waals surface area contributed by atoms with Crippen LogP contribution < -0.4 is 14.5 Å². The van der Waals surface area contributed by atoms with E-state index in [0.717, 1.165) is 30.9 Å². The summed E-state index contributed by atoms with van der Waals surface area (Å²) in [6.07, 6.45) is 0.962. The van der Waals surface area contributed by atoms with Gasteiger partial charge in [0.25, 0.3) is 5.91 Å². The molecule has 0 N–H and O–H groups in total. The van der Waals surface area contributed by atoms with E-state index in [0.29, 0.717) is 11.7 Å². The second-order valence-electron chi connectivity index (χ2n) is 10.4. The van der Waals surface area contributed by atoms with E-state index in [-0.39, 0.29) is 24.5 Å². The molecule has 1 saturated heterocycles. The number of amides is 2. The van der Waals surface area contributed by atoms with Gasteiger partial charge in [0.15, 0.2) is 6.61 Å². The van der Waals surface area contributed by atoms with Gasteiger partial charge in [-0.05, 0) is 62.8 Å². The van der Waals surface area contributed by atoms with E-state index < -0.39 is 5.41 Å². The van der Waals surface area contributed by atoms with Gasteiger partial charge < -0.3 is 19.4 Å². The average molecular weight is 450 g/mol. The van der Waals surface area contributed by atoms with Gasteiger partial charge in [-0.3, -0.25) is 9.59 Å². The molecule has 0 aliphatic carbocycles. The van der Waals surface area contributed by atoms with Crippen molar-refractivity contribution in [1.29, 1.82) is 0 Å². The summed E-state index contributed by atoms with van der Waals surface area (Å²) in [4.78, 5) is 31.8. The minimum atomic E-state index is -0.452. The summed E-state index contributed by atoms with van der Waals surface area (Å²) < 4.78 is 5.88. The Kier molecular flexibility index (Phi) is 6.23. The van der Waals surface area contributed by atoms with E-state index >= 15 is 0 Å². The Morgan fingerprint density at radius 2 is 1.82 bits per heavy atom. The zero-order valence-corrected chi connectivity index (χ0v) is 20.6. The predicted octanol–water partition coefficient (Wildman–Crippen LogP) is 4.22. The molecule has 1 fully saturated rings. The number of nitrogens with zero attached hydrogens (tertiary/aromatic N) is 3. The van der Waals surface area contributed by atoms with Crippen molar-refractivity contribution in [3.63, 3.8) is 0 Å². The lowest BCUT2D eigenvalue weighted by molar-refractivity contribution is -0.125. The lowest BCUT2D eigenvalue weighted by atomic mass is 9.89. The lowest BCUT2D eigenvalue weighted by Gasteiger charge is -2.36. The quantitative estimate of drug-likeness (QED) is 0.701. The van der Waals surface area contributed by atoms with Crippen LogP contribution in [0.25, 0.3) is 0 Å². The molecule has 2 heterocycles. The summed E-state index contributed by atoms with van der Waals surface area (Å²) >= 11 is 0. The van der Waals surface area contributed by atoms with Gasteiger partial charge >= 0.3 is 0 Å². The molecule has 33 heavy (non-hydrogen) atoms. The van der Waals surface area contributed by atoms with Gasteiger partial charge in [0, 0.05) is 42.3 Å². The fourth-order valence-electron chi connectivity index (χ4n) is 5.01. The molecule has 0 radical (unpaired) electrons. The number of piperidine rings is 1. The van der Waals surface area contributed by atoms with Gasteiger partial charge in [-0.25, -0.2) is 0 Å². The molecule has 6 heteroatoms. The van der Waals surface area contributed by atoms with Crippen molar-refractivity contribution < 1.29 is 14.3 Å². The third-order valence-electron chi connectivity index (χ3n) is 6.75. The second-order valence-corrected chi connectivity index (χ2v) is 10.4. The first-order chi connectivity index (χ1) is 15.6. The summed E-state index contributed by atoms with van der Waals surface area (Å²) in [5, 5.41) is 0. The fraction of sp³-hybridized carbons (Fsp3) is 0.481. The number of aryl methyl sites for hydroxylation is 1. The number of anilines is 2. The van der Waals surface area contributed by atoms with E-state index in [4.69, 9.17) is 4.74 Å². The molecule has 4 rings (SSSR count). The molecular formula is C27H35N3O3. The van der Waals surface area contributed by atoms with Crippen LogP contribution in [0.1, 0.15) is 44.2 Å². The van der Waals surface area contributed by atoms with Crippen LogP contribution in [0.15, 0.2) is 42.5 Å². The molecule has 2 amide bonds. The monoisotopic (exact) mass is 449 g/mol. The van der Waals surface area contributed by atoms with Crippen molar-refractivity contribution in [3.05, 3.63) is 53.6 Å². The van der Waals surface area contributed by atoms with Crippen LogP contribution in [0, 0.1) is 12.3 Å². The van der Waals surface area contributed by atoms with Crippen LogP contribution in [0.2, 0.25) is 0 Å². The Bertz CT molecular complexity index is 1040. The molecule has 0 saturated carbocycles. The summed E-state index contributed by atoms with van der Waals surface area (Å²) in [5.41, 5.74) is 3.87. The first-order valence-corrected chi connectivity index (χ1v) is 11.7. The van der Waals surface area contributed by atoms with Gasteiger partial charge in [0.1, 0.15) is 5.75 Å². The predicted molar refractivity (Wildman–Crippen MR) is 132 cm³/mol. The van der Waals surface area contributed by atoms with Gasteiger partial charge in [-0.2, -0.15) is 0 Å². The van der Waals surface area contributed by atoms with E-state index in [1.807, 2.05) is 49.9 Å². The molecule has 2 aliphatic heterocycles. The van der Waals surface area contributed by atoms with Crippen molar-refractivity contribution in [3.8, 4) is 5.75 Å². The number of benzene rings is 2. The Hall–Kier alpha value is -2.86. The van der Waals surface area contributed by atoms with Crippen LogP contribution in [-0.4, -0.2) is 56.5 Å². The molecule has 2 aliphatic rings. The zero-order chi connectivity index (χ0) is 23.9. The maximum Gasteiger partial charge on any atom is 0.265 e. The largest absolute Gasteiger partial charge is 0.484 e. The van der Waals surface area contributed by atoms with Gasteiger partial charge in [-0.15, -0.1) is 0 Å². The third kappa shape index (κ3) is 4.62. The van der Waals surface area contributed by atoms with E-state index in [1.165, 1.54) is 11.1 Å². The normalized spacial score (nSPS) is 20.2. The Morgan fingerprint density at radius 1 is 1.12 bits per heavy atom. The maximum absolute atomic E-state index is 13.3. The van der Waals surface area contributed by atoms with Crippen molar-refractivity contribution in [1.82, 2.24) is 4.90 Å². The topological polar surface area (TPSA) is 53.1 Å². The highest BCUT2D eigenvalue weighted by molar-refractivity contribution is 5.98. The van der Waals surface area contributed by atoms with Crippen LogP contribution in [0.3, 0.4) is 0 Å². The number of carbonyl (C=O) groups is 2. The Morgan fingerprint density at radius 3 is 2.48 bits per heavy atom. The molecule has 2 atom stereocenters. The highest BCUT2D eigenvalue weighted by atomic mass is 16.5. The summed E-state index contributed by atoms with van der Waals surface area (Å²) in [6.45, 7) is 9.76. The van der Waals surface area contributed by atoms with Gasteiger partial charge in [-0.1, -0.05) is 38.5 Å². The van der Waals surface area contributed by atoms with Crippen molar-refractivity contribution >= 4 is 23.2 Å². The fourth-order valence-corrected chi connectivity index (χ4v) is 5.01. The maximum atomic E-state index is 13.3. The number of likely N-dealkylation sites (N-methyl/N-ethyl adjacent to an activating group) is 1. The minimum Gasteiger partial charge on any atom is -0.484 e. The zero-order valence-electron chi connectivity index (χ0n) is 20.6. The number of fused-ring (bicyclic) bond motifs is 3. The summed E-state index contributed by atoms with van der Waals surface area (Å²) in [6, 6.07) is 13.9. The van der Waals surface area contributed by atoms with E-state index in [1.54, 1.807) is 11.9 Å². The average Bonchev–Trinajstić information content (AvgIpc) is 3.09. The highest BCUT2D eigenvalue weighted by Crippen LogP contribution is 2.45. The van der Waals surface area contributed by atoms with Crippen molar-refractivity contribution in [2.75, 3.05) is 43.6 Å². The van der Waals surface area contributed by atoms with Crippen LogP contribution in [0.4, 0.5) is 11.4 Å². The molecule has 6 nitrogen and oxygen atoms in total. The standard InChI is InChI=1S/C27H35N3O3/c1-18-7-12-23-21(15-18)22-16-28(5)14-13-24(22)30(23)25(31)17-33-20-10-8-19(9-11-20)29(6)26(32)27(2,3)4/h7-12,15,22,24H,13-14,16-17H2,1-6H3/t22-,24+/m0/s1. The van der Waals surface area contributed by atoms with Crippen LogP contribution in [0.5, 0.6) is 5.75 Å². The number of rotatable bonds is 4. The number of likely N-dealkylation sites (tertiary alicyclic amines) is 1. The Balaban J connectivity index is 1.45. The molecule has 0 bridgehead atoms. The lowest BCUT2D eigenvalue weighted by Crippen LogP contribution is -2.48. The number of hydrogen-bond acceptors (Lipinski definition) is 4. The van der Waals surface area contributed by atoms with E-state index in [9.17, 15) is 9.59 Å². The molecule has 0 aromatic heterocycles. The minimum absolute atomic E-state index is 0.0114. The molecule has 0 spiro atoms. The third-order valence-corrected chi connectivity index (χ3v) is 6.75. The first-order valence-electron chi connectivity index (χ1n) is 11.7. The van der Waals surface area contributed by atoms with Crippen molar-refractivity contribution in [2.45, 2.75) is 46.1 Å². The van der Waals surface area contributed by atoms with Crippen LogP contribution >= 0.6 is 0 Å². The second kappa shape index (κ2) is 8.82. The summed E-state index contributed by atoms with van der Waals surface area (Å²) in [7, 11) is 3.92. The molecule has 2 aromatic carbocycles. The van der Waals surface area contributed by atoms with Gasteiger partial charge in [0.05, 0.1) is 0 Å². The Labute approximate surface area is 197 Å². The molecule has 176 valence electrons. The smallest absolute Gasteiger partial charge is 0.265 e. The van der Waals surface area contributed by atoms with Crippen molar-refractivity contribution in [2.24, 2.45) is 5.41 Å². The molecule has 2 aromatic rings. The summed E-state index contributed by atoms with van der Waals surface area (Å²) in [5.74, 6) is 0.993. The SMILES string of the molecule is Cc1ccc2c(c1)[C@@H]1CN(C)CC[C@H]1N2C(=O)COc1ccc(N(C)C(=O)C(C)(C)C)cc1. The number of hydrogen-bond donors (Lipinski definition) is 0. The first kappa shape index (κ1) is 23.3. The van der Waals surface area contributed by atoms with E-state index in [2.05, 4.69) is 37.1 Å².